The van der Waals surface area contributed by atoms with E-state index in [0.29, 0.717) is 5.15 Å². The Bertz CT molecular complexity index is 522. The number of halogens is 1. The number of nitrogens with zero attached hydrogens (tertiary/aromatic N) is 1. The van der Waals surface area contributed by atoms with Gasteiger partial charge in [0.25, 0.3) is 0 Å². The van der Waals surface area contributed by atoms with Gasteiger partial charge in [0.2, 0.25) is 0 Å². The van der Waals surface area contributed by atoms with Crippen LogP contribution in [0.5, 0.6) is 0 Å². The van der Waals surface area contributed by atoms with E-state index in [4.69, 9.17) is 11.6 Å². The second-order valence-electron chi connectivity index (χ2n) is 4.10. The monoisotopic (exact) mass is 266 g/mol. The first kappa shape index (κ1) is 12.4. The standard InChI is InChI=1S/C13H15ClN2S/c1-8-6-12(10(3)17-8)9(2)16-11-4-5-15-13(14)7-11/h4-7,9H,1-3H3,(H,15,16). The molecule has 17 heavy (non-hydrogen) atoms. The Morgan fingerprint density at radius 1 is 1.35 bits per heavy atom. The van der Waals surface area contributed by atoms with E-state index in [1.165, 1.54) is 15.3 Å². The number of hydrogen-bond acceptors (Lipinski definition) is 3. The third-order valence-corrected chi connectivity index (χ3v) is 3.84. The fraction of sp³-hybridized carbons (Fsp3) is 0.308. The lowest BCUT2D eigenvalue weighted by Crippen LogP contribution is -2.06. The highest BCUT2D eigenvalue weighted by Gasteiger charge is 2.11. The van der Waals surface area contributed by atoms with Crippen LogP contribution in [0.1, 0.15) is 28.3 Å². The molecule has 0 aliphatic carbocycles. The van der Waals surface area contributed by atoms with Gasteiger partial charge in [0.05, 0.1) is 0 Å². The quantitative estimate of drug-likeness (QED) is 0.822. The highest BCUT2D eigenvalue weighted by molar-refractivity contribution is 7.12. The number of anilines is 1. The highest BCUT2D eigenvalue weighted by atomic mass is 35.5. The van der Waals surface area contributed by atoms with Gasteiger partial charge in [-0.1, -0.05) is 11.6 Å². The third-order valence-electron chi connectivity index (χ3n) is 2.66. The van der Waals surface area contributed by atoms with Crippen molar-refractivity contribution in [1.29, 1.82) is 0 Å². The molecule has 0 fully saturated rings. The summed E-state index contributed by atoms with van der Waals surface area (Å²) in [5.41, 5.74) is 2.35. The van der Waals surface area contributed by atoms with Crippen molar-refractivity contribution in [3.63, 3.8) is 0 Å². The van der Waals surface area contributed by atoms with Crippen LogP contribution >= 0.6 is 22.9 Å². The number of thiophene rings is 1. The topological polar surface area (TPSA) is 24.9 Å². The predicted molar refractivity (Wildman–Crippen MR) is 75.1 cm³/mol. The zero-order valence-electron chi connectivity index (χ0n) is 10.1. The van der Waals surface area contributed by atoms with Gasteiger partial charge in [-0.05, 0) is 44.5 Å². The molecule has 0 bridgehead atoms. The van der Waals surface area contributed by atoms with Crippen LogP contribution in [0.25, 0.3) is 0 Å². The second kappa shape index (κ2) is 5.07. The van der Waals surface area contributed by atoms with Crippen molar-refractivity contribution in [3.8, 4) is 0 Å². The summed E-state index contributed by atoms with van der Waals surface area (Å²) in [6.07, 6.45) is 1.71. The van der Waals surface area contributed by atoms with Gasteiger partial charge in [0.1, 0.15) is 5.15 Å². The molecule has 2 aromatic heterocycles. The molecule has 0 amide bonds. The van der Waals surface area contributed by atoms with Gasteiger partial charge in [-0.25, -0.2) is 4.98 Å². The van der Waals surface area contributed by atoms with Crippen molar-refractivity contribution in [2.24, 2.45) is 0 Å². The highest BCUT2D eigenvalue weighted by Crippen LogP contribution is 2.28. The molecule has 0 spiro atoms. The number of pyridine rings is 1. The molecule has 1 N–H and O–H groups in total. The Labute approximate surface area is 111 Å². The molecule has 2 aromatic rings. The summed E-state index contributed by atoms with van der Waals surface area (Å²) in [6.45, 7) is 6.45. The second-order valence-corrected chi connectivity index (χ2v) is 5.95. The van der Waals surface area contributed by atoms with Crippen LogP contribution in [0.15, 0.2) is 24.4 Å². The average Bonchev–Trinajstić information content (AvgIpc) is 2.58. The molecule has 2 rings (SSSR count). The molecule has 0 radical (unpaired) electrons. The van der Waals surface area contributed by atoms with Crippen LogP contribution in [-0.2, 0) is 0 Å². The first-order valence-corrected chi connectivity index (χ1v) is 6.70. The molecule has 2 heterocycles. The maximum atomic E-state index is 5.86. The van der Waals surface area contributed by atoms with Gasteiger partial charge in [-0.15, -0.1) is 11.3 Å². The molecule has 4 heteroatoms. The molecule has 2 nitrogen and oxygen atoms in total. The molecule has 1 atom stereocenters. The molecule has 0 aliphatic heterocycles. The lowest BCUT2D eigenvalue weighted by atomic mass is 10.1. The summed E-state index contributed by atoms with van der Waals surface area (Å²) in [4.78, 5) is 6.68. The summed E-state index contributed by atoms with van der Waals surface area (Å²) >= 11 is 7.69. The molecular weight excluding hydrogens is 252 g/mol. The van der Waals surface area contributed by atoms with E-state index in [9.17, 15) is 0 Å². The van der Waals surface area contributed by atoms with Crippen molar-refractivity contribution in [2.45, 2.75) is 26.8 Å². The van der Waals surface area contributed by atoms with Crippen LogP contribution in [0.3, 0.4) is 0 Å². The van der Waals surface area contributed by atoms with Crippen molar-refractivity contribution in [3.05, 3.63) is 44.9 Å². The zero-order chi connectivity index (χ0) is 12.4. The fourth-order valence-corrected chi connectivity index (χ4v) is 3.10. The van der Waals surface area contributed by atoms with E-state index in [1.807, 2.05) is 23.5 Å². The number of hydrogen-bond donors (Lipinski definition) is 1. The predicted octanol–water partition coefficient (Wildman–Crippen LogP) is 4.59. The molecular formula is C13H15ClN2S. The summed E-state index contributed by atoms with van der Waals surface area (Å²) in [6, 6.07) is 6.28. The molecule has 0 aromatic carbocycles. The van der Waals surface area contributed by atoms with E-state index in [0.717, 1.165) is 5.69 Å². The van der Waals surface area contributed by atoms with E-state index >= 15 is 0 Å². The molecule has 0 saturated carbocycles. The van der Waals surface area contributed by atoms with E-state index in [1.54, 1.807) is 6.20 Å². The Balaban J connectivity index is 2.16. The van der Waals surface area contributed by atoms with Crippen LogP contribution in [0.2, 0.25) is 5.15 Å². The maximum Gasteiger partial charge on any atom is 0.131 e. The van der Waals surface area contributed by atoms with Gasteiger partial charge in [-0.2, -0.15) is 0 Å². The first-order chi connectivity index (χ1) is 8.06. The Morgan fingerprint density at radius 3 is 2.71 bits per heavy atom. The summed E-state index contributed by atoms with van der Waals surface area (Å²) in [7, 11) is 0. The SMILES string of the molecule is Cc1cc(C(C)Nc2ccnc(Cl)c2)c(C)s1. The summed E-state index contributed by atoms with van der Waals surface area (Å²) in [5, 5.41) is 3.95. The first-order valence-electron chi connectivity index (χ1n) is 5.51. The van der Waals surface area contributed by atoms with Crippen LogP contribution in [-0.4, -0.2) is 4.98 Å². The lowest BCUT2D eigenvalue weighted by molar-refractivity contribution is 0.881. The number of aromatic nitrogens is 1. The zero-order valence-corrected chi connectivity index (χ0v) is 11.7. The maximum absolute atomic E-state index is 5.86. The van der Waals surface area contributed by atoms with Gasteiger partial charge in [0.15, 0.2) is 0 Å². The average molecular weight is 267 g/mol. The van der Waals surface area contributed by atoms with Crippen LogP contribution in [0, 0.1) is 13.8 Å². The van der Waals surface area contributed by atoms with Crippen LogP contribution in [0.4, 0.5) is 5.69 Å². The minimum atomic E-state index is 0.276. The smallest absolute Gasteiger partial charge is 0.131 e. The minimum Gasteiger partial charge on any atom is -0.378 e. The summed E-state index contributed by atoms with van der Waals surface area (Å²) in [5.74, 6) is 0. The minimum absolute atomic E-state index is 0.276. The molecule has 90 valence electrons. The van der Waals surface area contributed by atoms with Gasteiger partial charge >= 0.3 is 0 Å². The van der Waals surface area contributed by atoms with E-state index in [-0.39, 0.29) is 6.04 Å². The van der Waals surface area contributed by atoms with E-state index in [2.05, 4.69) is 37.1 Å². The van der Waals surface area contributed by atoms with Gasteiger partial charge < -0.3 is 5.32 Å². The van der Waals surface area contributed by atoms with Crippen molar-refractivity contribution in [2.75, 3.05) is 5.32 Å². The Morgan fingerprint density at radius 2 is 2.12 bits per heavy atom. The van der Waals surface area contributed by atoms with Crippen LogP contribution < -0.4 is 5.32 Å². The fourth-order valence-electron chi connectivity index (χ4n) is 1.90. The largest absolute Gasteiger partial charge is 0.378 e. The summed E-state index contributed by atoms with van der Waals surface area (Å²) < 4.78 is 0. The van der Waals surface area contributed by atoms with Crippen molar-refractivity contribution in [1.82, 2.24) is 4.98 Å². The molecule has 0 aliphatic rings. The number of aryl methyl sites for hydroxylation is 2. The van der Waals surface area contributed by atoms with E-state index < -0.39 is 0 Å². The lowest BCUT2D eigenvalue weighted by Gasteiger charge is -2.15. The van der Waals surface area contributed by atoms with Crippen molar-refractivity contribution < 1.29 is 0 Å². The molecule has 0 saturated heterocycles. The van der Waals surface area contributed by atoms with Crippen molar-refractivity contribution >= 4 is 28.6 Å². The Hall–Kier alpha value is -1.06. The van der Waals surface area contributed by atoms with Gasteiger partial charge in [-0.3, -0.25) is 0 Å². The third kappa shape index (κ3) is 2.99. The van der Waals surface area contributed by atoms with Gasteiger partial charge in [0, 0.05) is 27.7 Å². The Kier molecular flexibility index (Phi) is 3.69. The number of rotatable bonds is 3. The number of nitrogens with one attached hydrogen (secondary N) is 1. The normalized spacial score (nSPS) is 12.5. The molecule has 1 unspecified atom stereocenters.